The highest BCUT2D eigenvalue weighted by molar-refractivity contribution is 8.00. The minimum atomic E-state index is -5.89. The zero-order chi connectivity index (χ0) is 27.0. The normalized spacial score (nSPS) is 12.9. The Kier molecular flexibility index (Phi) is 8.05. The molecule has 2 rings (SSSR count). The van der Waals surface area contributed by atoms with Crippen LogP contribution in [0.3, 0.4) is 0 Å². The number of sulfone groups is 2. The SMILES string of the molecule is O=C(CSc1ccc(S(=O)(=O)C(F)(F)F)cc1[N+](=O)[O-])Nc1cc(S(=O)(=O)C(F)(F)F)ccc1Cl. The summed E-state index contributed by atoms with van der Waals surface area (Å²) in [7, 11) is -11.7. The lowest BCUT2D eigenvalue weighted by molar-refractivity contribution is -0.388. The number of benzene rings is 2. The number of carbonyl (C=O) groups is 1. The Bertz CT molecular complexity index is 1390. The van der Waals surface area contributed by atoms with Crippen LogP contribution in [0.15, 0.2) is 51.1 Å². The first-order valence-corrected chi connectivity index (χ1v) is 12.8. The maximum absolute atomic E-state index is 12.7. The van der Waals surface area contributed by atoms with Crippen LogP contribution in [-0.2, 0) is 24.5 Å². The number of anilines is 1. The summed E-state index contributed by atoms with van der Waals surface area (Å²) in [6, 6.07) is 3.03. The van der Waals surface area contributed by atoms with Gasteiger partial charge in [-0.15, -0.1) is 11.8 Å². The first-order valence-electron chi connectivity index (χ1n) is 8.42. The van der Waals surface area contributed by atoms with Gasteiger partial charge in [0.1, 0.15) is 0 Å². The van der Waals surface area contributed by atoms with Crippen LogP contribution < -0.4 is 5.32 Å². The number of hydrogen-bond acceptors (Lipinski definition) is 8. The van der Waals surface area contributed by atoms with E-state index in [9.17, 15) is 58.1 Å². The van der Waals surface area contributed by atoms with Crippen molar-refractivity contribution in [3.05, 3.63) is 51.5 Å². The molecule has 0 radical (unpaired) electrons. The summed E-state index contributed by atoms with van der Waals surface area (Å²) in [6.07, 6.45) is 0. The monoisotopic (exact) mass is 586 g/mol. The molecule has 0 aromatic heterocycles. The van der Waals surface area contributed by atoms with Crippen molar-refractivity contribution in [2.75, 3.05) is 11.1 Å². The molecule has 0 saturated carbocycles. The minimum Gasteiger partial charge on any atom is -0.324 e. The third kappa shape index (κ3) is 6.17. The summed E-state index contributed by atoms with van der Waals surface area (Å²) in [5.41, 5.74) is -13.0. The van der Waals surface area contributed by atoms with Gasteiger partial charge < -0.3 is 5.32 Å². The number of hydrogen-bond donors (Lipinski definition) is 1. The van der Waals surface area contributed by atoms with Gasteiger partial charge in [0.05, 0.1) is 36.1 Å². The molecule has 0 spiro atoms. The molecule has 9 nitrogen and oxygen atoms in total. The van der Waals surface area contributed by atoms with E-state index in [1.807, 2.05) is 5.32 Å². The summed E-state index contributed by atoms with van der Waals surface area (Å²) < 4.78 is 122. The van der Waals surface area contributed by atoms with Crippen LogP contribution in [0.5, 0.6) is 0 Å². The third-order valence-electron chi connectivity index (χ3n) is 3.93. The molecular formula is C16H9ClF6N2O7S3. The Labute approximate surface area is 201 Å². The summed E-state index contributed by atoms with van der Waals surface area (Å²) in [6.45, 7) is 0. The standard InChI is InChI=1S/C16H9ClF6N2O7S3/c17-10-3-1-8(34(29,30)15(18,19)20)5-11(10)24-14(26)7-33-13-4-2-9(6-12(13)25(27)28)35(31,32)16(21,22)23/h1-6H,7H2,(H,24,26). The number of nitro groups is 1. The van der Waals surface area contributed by atoms with E-state index >= 15 is 0 Å². The van der Waals surface area contributed by atoms with Crippen LogP contribution >= 0.6 is 23.4 Å². The van der Waals surface area contributed by atoms with Crippen molar-refractivity contribution >= 4 is 60.3 Å². The average molecular weight is 587 g/mol. The van der Waals surface area contributed by atoms with Gasteiger partial charge in [-0.25, -0.2) is 16.8 Å². The summed E-state index contributed by atoms with van der Waals surface area (Å²) in [4.78, 5) is 19.1. The quantitative estimate of drug-likeness (QED) is 0.215. The second-order valence-corrected chi connectivity index (χ2v) is 11.6. The van der Waals surface area contributed by atoms with Gasteiger partial charge in [0.25, 0.3) is 25.4 Å². The van der Waals surface area contributed by atoms with E-state index in [0.29, 0.717) is 36.0 Å². The Balaban J connectivity index is 2.27. The fourth-order valence-corrected chi connectivity index (χ4v) is 4.83. The Hall–Kier alpha value is -2.57. The van der Waals surface area contributed by atoms with E-state index in [2.05, 4.69) is 0 Å². The van der Waals surface area contributed by atoms with Crippen molar-refractivity contribution < 1.29 is 52.9 Å². The fourth-order valence-electron chi connectivity index (χ4n) is 2.29. The molecule has 192 valence electrons. The lowest BCUT2D eigenvalue weighted by atomic mass is 10.3. The van der Waals surface area contributed by atoms with Gasteiger partial charge in [0.2, 0.25) is 5.91 Å². The predicted molar refractivity (Wildman–Crippen MR) is 110 cm³/mol. The molecule has 0 aliphatic rings. The molecule has 0 fully saturated rings. The van der Waals surface area contributed by atoms with Crippen LogP contribution in [0.2, 0.25) is 5.02 Å². The van der Waals surface area contributed by atoms with E-state index in [1.54, 1.807) is 0 Å². The van der Waals surface area contributed by atoms with Gasteiger partial charge in [-0.1, -0.05) is 11.6 Å². The highest BCUT2D eigenvalue weighted by Gasteiger charge is 2.48. The smallest absolute Gasteiger partial charge is 0.324 e. The van der Waals surface area contributed by atoms with Gasteiger partial charge in [-0.2, -0.15) is 26.3 Å². The summed E-state index contributed by atoms with van der Waals surface area (Å²) >= 11 is 6.13. The van der Waals surface area contributed by atoms with Crippen LogP contribution in [0.1, 0.15) is 0 Å². The zero-order valence-corrected chi connectivity index (χ0v) is 19.6. The molecule has 0 heterocycles. The molecule has 0 aliphatic carbocycles. The molecule has 1 N–H and O–H groups in total. The number of alkyl halides is 6. The van der Waals surface area contributed by atoms with Crippen LogP contribution in [0.4, 0.5) is 37.7 Å². The lowest BCUT2D eigenvalue weighted by Crippen LogP contribution is -2.23. The number of nitrogens with one attached hydrogen (secondary N) is 1. The molecular weight excluding hydrogens is 578 g/mol. The fraction of sp³-hybridized carbons (Fsp3) is 0.188. The van der Waals surface area contributed by atoms with Crippen LogP contribution in [0, 0.1) is 10.1 Å². The molecule has 1 amide bonds. The average Bonchev–Trinajstić information content (AvgIpc) is 2.71. The largest absolute Gasteiger partial charge is 0.501 e. The van der Waals surface area contributed by atoms with Crippen molar-refractivity contribution in [3.8, 4) is 0 Å². The van der Waals surface area contributed by atoms with Crippen molar-refractivity contribution in [2.24, 2.45) is 0 Å². The van der Waals surface area contributed by atoms with E-state index in [1.165, 1.54) is 0 Å². The van der Waals surface area contributed by atoms with Crippen molar-refractivity contribution in [2.45, 2.75) is 25.7 Å². The van der Waals surface area contributed by atoms with Crippen molar-refractivity contribution in [3.63, 3.8) is 0 Å². The highest BCUT2D eigenvalue weighted by Crippen LogP contribution is 2.37. The maximum Gasteiger partial charge on any atom is 0.501 e. The molecule has 2 aromatic rings. The van der Waals surface area contributed by atoms with E-state index in [-0.39, 0.29) is 11.1 Å². The predicted octanol–water partition coefficient (Wildman–Crippen LogP) is 4.57. The number of nitrogens with zero attached hydrogens (tertiary/aromatic N) is 1. The first-order chi connectivity index (χ1) is 15.8. The number of rotatable bonds is 7. The Morgan fingerprint density at radius 3 is 1.91 bits per heavy atom. The van der Waals surface area contributed by atoms with Crippen LogP contribution in [-0.4, -0.2) is 44.4 Å². The van der Waals surface area contributed by atoms with Gasteiger partial charge in [0.15, 0.2) is 0 Å². The second kappa shape index (κ2) is 9.82. The van der Waals surface area contributed by atoms with E-state index in [0.717, 1.165) is 6.07 Å². The summed E-state index contributed by atoms with van der Waals surface area (Å²) in [5, 5.41) is 12.9. The first kappa shape index (κ1) is 28.7. The molecule has 19 heteroatoms. The maximum atomic E-state index is 12.7. The molecule has 35 heavy (non-hydrogen) atoms. The summed E-state index contributed by atoms with van der Waals surface area (Å²) in [5.74, 6) is -1.75. The lowest BCUT2D eigenvalue weighted by Gasteiger charge is -2.12. The minimum absolute atomic E-state index is 0.158. The van der Waals surface area contributed by atoms with Gasteiger partial charge >= 0.3 is 11.0 Å². The number of nitro benzene ring substituents is 1. The number of halogens is 7. The topological polar surface area (TPSA) is 141 Å². The van der Waals surface area contributed by atoms with E-state index in [4.69, 9.17) is 11.6 Å². The molecule has 0 saturated heterocycles. The molecule has 2 aromatic carbocycles. The molecule has 0 bridgehead atoms. The van der Waals surface area contributed by atoms with Crippen LogP contribution in [0.25, 0.3) is 0 Å². The van der Waals surface area contributed by atoms with E-state index < -0.39 is 73.3 Å². The Morgan fingerprint density at radius 1 is 0.943 bits per heavy atom. The van der Waals surface area contributed by atoms with Gasteiger partial charge in [-0.05, 0) is 30.3 Å². The molecule has 0 unspecified atom stereocenters. The number of carbonyl (C=O) groups excluding carboxylic acids is 1. The molecule has 0 aliphatic heterocycles. The number of thioether (sulfide) groups is 1. The number of amides is 1. The van der Waals surface area contributed by atoms with Gasteiger partial charge in [0, 0.05) is 6.07 Å². The third-order valence-corrected chi connectivity index (χ3v) is 8.29. The zero-order valence-electron chi connectivity index (χ0n) is 16.3. The highest BCUT2D eigenvalue weighted by atomic mass is 35.5. The van der Waals surface area contributed by atoms with Gasteiger partial charge in [-0.3, -0.25) is 14.9 Å². The second-order valence-electron chi connectivity index (χ2n) is 6.26. The van der Waals surface area contributed by atoms with Crippen molar-refractivity contribution in [1.82, 2.24) is 0 Å². The molecule has 0 atom stereocenters. The van der Waals surface area contributed by atoms with Crippen molar-refractivity contribution in [1.29, 1.82) is 0 Å². The Morgan fingerprint density at radius 2 is 1.43 bits per heavy atom.